The molecule has 0 saturated heterocycles. The second-order valence-electron chi connectivity index (χ2n) is 6.09. The minimum atomic E-state index is -4.59. The Morgan fingerprint density at radius 2 is 2.07 bits per heavy atom. The summed E-state index contributed by atoms with van der Waals surface area (Å²) in [4.78, 5) is 38.3. The maximum absolute atomic E-state index is 12.9. The SMILES string of the molecule is CC(OC(=O)Cc1cccs1)C(=O)N1CC(=O)Nc2cc(C(F)(F)F)ccc21. The molecule has 28 heavy (non-hydrogen) atoms. The van der Waals surface area contributed by atoms with Crippen LogP contribution in [0.4, 0.5) is 24.5 Å². The van der Waals surface area contributed by atoms with E-state index in [1.54, 1.807) is 17.5 Å². The van der Waals surface area contributed by atoms with E-state index in [-0.39, 0.29) is 24.3 Å². The number of nitrogens with zero attached hydrogens (tertiary/aromatic N) is 1. The number of fused-ring (bicyclic) bond motifs is 1. The summed E-state index contributed by atoms with van der Waals surface area (Å²) < 4.78 is 43.8. The number of anilines is 2. The molecule has 1 aliphatic rings. The van der Waals surface area contributed by atoms with Crippen molar-refractivity contribution in [2.24, 2.45) is 0 Å². The van der Waals surface area contributed by atoms with Gasteiger partial charge in [-0.25, -0.2) is 0 Å². The molecule has 1 aliphatic heterocycles. The van der Waals surface area contributed by atoms with Crippen molar-refractivity contribution < 1.29 is 32.3 Å². The first kappa shape index (κ1) is 19.9. The number of carbonyl (C=O) groups excluding carboxylic acids is 3. The molecule has 0 spiro atoms. The second kappa shape index (κ2) is 7.63. The summed E-state index contributed by atoms with van der Waals surface area (Å²) in [6.07, 6.45) is -5.79. The first-order valence-electron chi connectivity index (χ1n) is 8.19. The van der Waals surface area contributed by atoms with Crippen LogP contribution in [0.15, 0.2) is 35.7 Å². The molecule has 148 valence electrons. The Kier molecular flexibility index (Phi) is 5.41. The Morgan fingerprint density at radius 3 is 2.71 bits per heavy atom. The summed E-state index contributed by atoms with van der Waals surface area (Å²) in [5.74, 6) is -1.95. The molecule has 1 aromatic carbocycles. The molecule has 0 bridgehead atoms. The summed E-state index contributed by atoms with van der Waals surface area (Å²) in [5, 5.41) is 4.13. The van der Waals surface area contributed by atoms with E-state index in [9.17, 15) is 27.6 Å². The van der Waals surface area contributed by atoms with Crippen molar-refractivity contribution in [2.45, 2.75) is 25.6 Å². The van der Waals surface area contributed by atoms with E-state index in [1.807, 2.05) is 0 Å². The zero-order valence-corrected chi connectivity index (χ0v) is 15.4. The lowest BCUT2D eigenvalue weighted by Crippen LogP contribution is -2.47. The molecule has 0 saturated carbocycles. The standard InChI is InChI=1S/C18H15F3N2O4S/c1-10(27-16(25)8-12-3-2-6-28-12)17(26)23-9-15(24)22-13-7-11(18(19,20)21)4-5-14(13)23/h2-7,10H,8-9H2,1H3,(H,22,24). The van der Waals surface area contributed by atoms with Gasteiger partial charge in [-0.05, 0) is 36.6 Å². The smallest absolute Gasteiger partial charge is 0.416 e. The van der Waals surface area contributed by atoms with Gasteiger partial charge < -0.3 is 10.1 Å². The van der Waals surface area contributed by atoms with Gasteiger partial charge in [0, 0.05) is 4.88 Å². The number of carbonyl (C=O) groups is 3. The number of esters is 1. The number of halogens is 3. The molecule has 1 atom stereocenters. The number of nitrogens with one attached hydrogen (secondary N) is 1. The summed E-state index contributed by atoms with van der Waals surface area (Å²) in [5.41, 5.74) is -0.966. The van der Waals surface area contributed by atoms with Crippen molar-refractivity contribution in [2.75, 3.05) is 16.8 Å². The molecule has 6 nitrogen and oxygen atoms in total. The van der Waals surface area contributed by atoms with Crippen LogP contribution in [-0.2, 0) is 31.7 Å². The predicted octanol–water partition coefficient (Wildman–Crippen LogP) is 3.23. The molecule has 3 rings (SSSR count). The van der Waals surface area contributed by atoms with E-state index in [4.69, 9.17) is 4.74 Å². The number of hydrogen-bond donors (Lipinski definition) is 1. The molecule has 0 fully saturated rings. The van der Waals surface area contributed by atoms with Crippen molar-refractivity contribution in [1.82, 2.24) is 0 Å². The minimum Gasteiger partial charge on any atom is -0.452 e. The minimum absolute atomic E-state index is 0.00129. The zero-order valence-electron chi connectivity index (χ0n) is 14.6. The maximum Gasteiger partial charge on any atom is 0.416 e. The summed E-state index contributed by atoms with van der Waals surface area (Å²) in [6.45, 7) is 0.967. The monoisotopic (exact) mass is 412 g/mol. The number of alkyl halides is 3. The highest BCUT2D eigenvalue weighted by molar-refractivity contribution is 7.10. The van der Waals surface area contributed by atoms with Crippen LogP contribution >= 0.6 is 11.3 Å². The fourth-order valence-electron chi connectivity index (χ4n) is 2.73. The molecule has 0 aliphatic carbocycles. The van der Waals surface area contributed by atoms with Gasteiger partial charge in [0.2, 0.25) is 5.91 Å². The Balaban J connectivity index is 1.76. The van der Waals surface area contributed by atoms with E-state index < -0.39 is 35.6 Å². The van der Waals surface area contributed by atoms with Crippen LogP contribution in [0.3, 0.4) is 0 Å². The quantitative estimate of drug-likeness (QED) is 0.783. The largest absolute Gasteiger partial charge is 0.452 e. The van der Waals surface area contributed by atoms with E-state index in [2.05, 4.69) is 5.32 Å². The van der Waals surface area contributed by atoms with Crippen molar-refractivity contribution in [1.29, 1.82) is 0 Å². The van der Waals surface area contributed by atoms with Gasteiger partial charge in [-0.2, -0.15) is 13.2 Å². The molecule has 1 N–H and O–H groups in total. The number of benzene rings is 1. The highest BCUT2D eigenvalue weighted by Crippen LogP contribution is 2.37. The molecule has 2 amide bonds. The first-order valence-corrected chi connectivity index (χ1v) is 9.07. The van der Waals surface area contributed by atoms with Crippen LogP contribution in [0.25, 0.3) is 0 Å². The molecule has 2 heterocycles. The molecule has 1 aromatic heterocycles. The second-order valence-corrected chi connectivity index (χ2v) is 7.12. The number of ether oxygens (including phenoxy) is 1. The number of hydrogen-bond acceptors (Lipinski definition) is 5. The van der Waals surface area contributed by atoms with E-state index in [1.165, 1.54) is 18.3 Å². The number of thiophene rings is 1. The number of amides is 2. The lowest BCUT2D eigenvalue weighted by molar-refractivity contribution is -0.153. The number of rotatable bonds is 4. The third kappa shape index (κ3) is 4.33. The van der Waals surface area contributed by atoms with Crippen LogP contribution < -0.4 is 10.2 Å². The topological polar surface area (TPSA) is 75.7 Å². The first-order chi connectivity index (χ1) is 13.1. The van der Waals surface area contributed by atoms with Crippen molar-refractivity contribution >= 4 is 40.5 Å². The average Bonchev–Trinajstić information content (AvgIpc) is 3.11. The van der Waals surface area contributed by atoms with Gasteiger partial charge in [0.1, 0.15) is 6.54 Å². The van der Waals surface area contributed by atoms with E-state index in [0.717, 1.165) is 28.0 Å². The van der Waals surface area contributed by atoms with Crippen LogP contribution in [0, 0.1) is 0 Å². The molecule has 1 unspecified atom stereocenters. The molecule has 2 aromatic rings. The van der Waals surface area contributed by atoms with Gasteiger partial charge in [-0.3, -0.25) is 19.3 Å². The maximum atomic E-state index is 12.9. The van der Waals surface area contributed by atoms with Crippen molar-refractivity contribution in [3.05, 3.63) is 46.2 Å². The molecular weight excluding hydrogens is 397 g/mol. The fraction of sp³-hybridized carbons (Fsp3) is 0.278. The van der Waals surface area contributed by atoms with Crippen LogP contribution in [0.1, 0.15) is 17.4 Å². The predicted molar refractivity (Wildman–Crippen MR) is 96.0 cm³/mol. The molecule has 10 heteroatoms. The van der Waals surface area contributed by atoms with Crippen LogP contribution in [-0.4, -0.2) is 30.4 Å². The van der Waals surface area contributed by atoms with E-state index >= 15 is 0 Å². The van der Waals surface area contributed by atoms with Gasteiger partial charge in [0.05, 0.1) is 23.4 Å². The van der Waals surface area contributed by atoms with Crippen molar-refractivity contribution in [3.8, 4) is 0 Å². The lowest BCUT2D eigenvalue weighted by Gasteiger charge is -2.31. The lowest BCUT2D eigenvalue weighted by atomic mass is 10.1. The Hall–Kier alpha value is -2.88. The third-order valence-corrected chi connectivity index (χ3v) is 4.89. The Labute approximate surface area is 161 Å². The van der Waals surface area contributed by atoms with Crippen molar-refractivity contribution in [3.63, 3.8) is 0 Å². The summed E-state index contributed by atoms with van der Waals surface area (Å²) in [6, 6.07) is 6.22. The molecular formula is C18H15F3N2O4S. The fourth-order valence-corrected chi connectivity index (χ4v) is 3.42. The van der Waals surface area contributed by atoms with Gasteiger partial charge in [-0.1, -0.05) is 6.07 Å². The van der Waals surface area contributed by atoms with Crippen LogP contribution in [0.5, 0.6) is 0 Å². The van der Waals surface area contributed by atoms with Gasteiger partial charge in [0.25, 0.3) is 5.91 Å². The normalized spacial score (nSPS) is 14.9. The Bertz CT molecular complexity index is 912. The highest BCUT2D eigenvalue weighted by Gasteiger charge is 2.35. The molecule has 0 radical (unpaired) electrons. The van der Waals surface area contributed by atoms with Gasteiger partial charge in [0.15, 0.2) is 6.10 Å². The summed E-state index contributed by atoms with van der Waals surface area (Å²) >= 11 is 1.37. The van der Waals surface area contributed by atoms with Gasteiger partial charge in [-0.15, -0.1) is 11.3 Å². The van der Waals surface area contributed by atoms with E-state index in [0.29, 0.717) is 0 Å². The zero-order chi connectivity index (χ0) is 20.5. The third-order valence-electron chi connectivity index (χ3n) is 4.01. The highest BCUT2D eigenvalue weighted by atomic mass is 32.1. The van der Waals surface area contributed by atoms with Gasteiger partial charge >= 0.3 is 12.1 Å². The van der Waals surface area contributed by atoms with Crippen LogP contribution in [0.2, 0.25) is 0 Å². The Morgan fingerprint density at radius 1 is 1.32 bits per heavy atom. The summed E-state index contributed by atoms with van der Waals surface area (Å²) in [7, 11) is 0. The average molecular weight is 412 g/mol.